The lowest BCUT2D eigenvalue weighted by atomic mass is 10.2. The molecule has 1 fully saturated rings. The van der Waals surface area contributed by atoms with E-state index in [1.165, 1.54) is 12.8 Å². The van der Waals surface area contributed by atoms with Crippen molar-refractivity contribution in [3.63, 3.8) is 0 Å². The summed E-state index contributed by atoms with van der Waals surface area (Å²) < 4.78 is 7.57. The topological polar surface area (TPSA) is 27.1 Å². The molecule has 0 N–H and O–H groups in total. The van der Waals surface area contributed by atoms with Crippen molar-refractivity contribution < 1.29 is 4.74 Å². The molecule has 0 saturated carbocycles. The minimum absolute atomic E-state index is 0.242. The number of hydrogen-bond acceptors (Lipinski definition) is 2. The van der Waals surface area contributed by atoms with Crippen molar-refractivity contribution in [1.29, 1.82) is 0 Å². The minimum Gasteiger partial charge on any atom is -0.358 e. The van der Waals surface area contributed by atoms with Crippen LogP contribution in [0.3, 0.4) is 0 Å². The van der Waals surface area contributed by atoms with Crippen LogP contribution in [0.4, 0.5) is 0 Å². The lowest BCUT2D eigenvalue weighted by Gasteiger charge is -2.23. The van der Waals surface area contributed by atoms with Crippen molar-refractivity contribution in [3.05, 3.63) is 18.7 Å². The lowest BCUT2D eigenvalue weighted by molar-refractivity contribution is -0.0320. The lowest BCUT2D eigenvalue weighted by Crippen LogP contribution is -2.16. The molecule has 11 heavy (non-hydrogen) atoms. The molecule has 1 aromatic rings. The molecule has 60 valence electrons. The Morgan fingerprint density at radius 2 is 2.45 bits per heavy atom. The molecule has 0 aliphatic carbocycles. The first-order valence-corrected chi connectivity index (χ1v) is 4.06. The van der Waals surface area contributed by atoms with Crippen molar-refractivity contribution in [2.24, 2.45) is 0 Å². The predicted octanol–water partition coefficient (Wildman–Crippen LogP) is 1.58. The summed E-state index contributed by atoms with van der Waals surface area (Å²) in [5, 5.41) is 0. The quantitative estimate of drug-likeness (QED) is 0.611. The number of hydrogen-bond donors (Lipinski definition) is 0. The van der Waals surface area contributed by atoms with E-state index in [2.05, 4.69) is 4.98 Å². The van der Waals surface area contributed by atoms with Crippen molar-refractivity contribution in [1.82, 2.24) is 9.55 Å². The summed E-state index contributed by atoms with van der Waals surface area (Å²) in [6.45, 7) is 0.892. The second kappa shape index (κ2) is 3.05. The van der Waals surface area contributed by atoms with E-state index in [0.29, 0.717) is 0 Å². The molecule has 0 unspecified atom stereocenters. The Morgan fingerprint density at radius 3 is 3.09 bits per heavy atom. The zero-order chi connectivity index (χ0) is 7.52. The van der Waals surface area contributed by atoms with Crippen LogP contribution in [0.1, 0.15) is 25.5 Å². The molecule has 0 radical (unpaired) electrons. The Labute approximate surface area is 66.0 Å². The molecular formula is C8H12N2O. The smallest absolute Gasteiger partial charge is 0.134 e. The molecule has 1 atom stereocenters. The van der Waals surface area contributed by atoms with Crippen molar-refractivity contribution in [2.75, 3.05) is 6.61 Å². The SMILES string of the molecule is c1cn([C@H]2CCCCO2)cn1. The first-order chi connectivity index (χ1) is 5.47. The van der Waals surface area contributed by atoms with E-state index in [0.717, 1.165) is 13.0 Å². The van der Waals surface area contributed by atoms with Gasteiger partial charge in [-0.15, -0.1) is 0 Å². The zero-order valence-electron chi connectivity index (χ0n) is 6.44. The first-order valence-electron chi connectivity index (χ1n) is 4.06. The van der Waals surface area contributed by atoms with E-state index < -0.39 is 0 Å². The average molecular weight is 152 g/mol. The molecule has 3 nitrogen and oxygen atoms in total. The fraction of sp³-hybridized carbons (Fsp3) is 0.625. The van der Waals surface area contributed by atoms with Crippen molar-refractivity contribution in [3.8, 4) is 0 Å². The molecule has 1 aliphatic rings. The van der Waals surface area contributed by atoms with Gasteiger partial charge in [-0.1, -0.05) is 0 Å². The van der Waals surface area contributed by atoms with Gasteiger partial charge in [0.25, 0.3) is 0 Å². The number of imidazole rings is 1. The summed E-state index contributed by atoms with van der Waals surface area (Å²) in [7, 11) is 0. The first kappa shape index (κ1) is 6.85. The van der Waals surface area contributed by atoms with E-state index in [-0.39, 0.29) is 6.23 Å². The highest BCUT2D eigenvalue weighted by Crippen LogP contribution is 2.21. The standard InChI is InChI=1S/C8H12N2O/c1-2-6-11-8(3-1)10-5-4-9-7-10/h4-5,7-8H,1-3,6H2/t8-/m1/s1. The summed E-state index contributed by atoms with van der Waals surface area (Å²) in [5.74, 6) is 0. The highest BCUT2D eigenvalue weighted by Gasteiger charge is 2.13. The minimum atomic E-state index is 0.242. The van der Waals surface area contributed by atoms with Gasteiger partial charge in [0.05, 0.1) is 6.33 Å². The number of aromatic nitrogens is 2. The van der Waals surface area contributed by atoms with E-state index in [1.54, 1.807) is 6.20 Å². The van der Waals surface area contributed by atoms with Crippen LogP contribution in [0.25, 0.3) is 0 Å². The third kappa shape index (κ3) is 1.43. The molecule has 0 bridgehead atoms. The molecular weight excluding hydrogens is 140 g/mol. The molecule has 0 amide bonds. The van der Waals surface area contributed by atoms with Crippen LogP contribution < -0.4 is 0 Å². The monoisotopic (exact) mass is 152 g/mol. The molecule has 0 spiro atoms. The van der Waals surface area contributed by atoms with Crippen LogP contribution in [0.15, 0.2) is 18.7 Å². The van der Waals surface area contributed by atoms with Gasteiger partial charge >= 0.3 is 0 Å². The summed E-state index contributed by atoms with van der Waals surface area (Å²) in [6.07, 6.45) is 9.39. The van der Waals surface area contributed by atoms with E-state index >= 15 is 0 Å². The molecule has 1 saturated heterocycles. The number of ether oxygens (including phenoxy) is 1. The van der Waals surface area contributed by atoms with Gasteiger partial charge in [-0.2, -0.15) is 0 Å². The van der Waals surface area contributed by atoms with Gasteiger partial charge in [-0.05, 0) is 19.3 Å². The predicted molar refractivity (Wildman–Crippen MR) is 41.1 cm³/mol. The van der Waals surface area contributed by atoms with Gasteiger partial charge < -0.3 is 9.30 Å². The van der Waals surface area contributed by atoms with Crippen LogP contribution in [0.5, 0.6) is 0 Å². The van der Waals surface area contributed by atoms with Gasteiger partial charge in [0, 0.05) is 19.0 Å². The normalized spacial score (nSPS) is 25.3. The van der Waals surface area contributed by atoms with E-state index in [4.69, 9.17) is 4.74 Å². The second-order valence-corrected chi connectivity index (χ2v) is 2.83. The van der Waals surface area contributed by atoms with Gasteiger partial charge in [-0.3, -0.25) is 0 Å². The maximum Gasteiger partial charge on any atom is 0.134 e. The highest BCUT2D eigenvalue weighted by molar-refractivity contribution is 4.77. The summed E-state index contributed by atoms with van der Waals surface area (Å²) in [5.41, 5.74) is 0. The van der Waals surface area contributed by atoms with Crippen LogP contribution in [-0.4, -0.2) is 16.2 Å². The van der Waals surface area contributed by atoms with Gasteiger partial charge in [-0.25, -0.2) is 4.98 Å². The van der Waals surface area contributed by atoms with Gasteiger partial charge in [0.2, 0.25) is 0 Å². The van der Waals surface area contributed by atoms with Crippen LogP contribution in [0, 0.1) is 0 Å². The summed E-state index contributed by atoms with van der Waals surface area (Å²) in [6, 6.07) is 0. The Hall–Kier alpha value is -0.830. The maximum atomic E-state index is 5.55. The molecule has 3 heteroatoms. The fourth-order valence-electron chi connectivity index (χ4n) is 1.40. The van der Waals surface area contributed by atoms with E-state index in [9.17, 15) is 0 Å². The molecule has 1 aliphatic heterocycles. The van der Waals surface area contributed by atoms with Crippen molar-refractivity contribution >= 4 is 0 Å². The molecule has 0 aromatic carbocycles. The highest BCUT2D eigenvalue weighted by atomic mass is 16.5. The zero-order valence-corrected chi connectivity index (χ0v) is 6.44. The third-order valence-corrected chi connectivity index (χ3v) is 2.01. The van der Waals surface area contributed by atoms with Crippen LogP contribution in [0.2, 0.25) is 0 Å². The Bertz CT molecular complexity index is 202. The fourth-order valence-corrected chi connectivity index (χ4v) is 1.40. The van der Waals surface area contributed by atoms with Crippen molar-refractivity contribution in [2.45, 2.75) is 25.5 Å². The Morgan fingerprint density at radius 1 is 1.45 bits per heavy atom. The third-order valence-electron chi connectivity index (χ3n) is 2.01. The number of nitrogens with zero attached hydrogens (tertiary/aromatic N) is 2. The summed E-state index contributed by atoms with van der Waals surface area (Å²) in [4.78, 5) is 3.98. The van der Waals surface area contributed by atoms with Gasteiger partial charge in [0.1, 0.15) is 6.23 Å². The number of rotatable bonds is 1. The maximum absolute atomic E-state index is 5.55. The second-order valence-electron chi connectivity index (χ2n) is 2.83. The molecule has 2 heterocycles. The average Bonchev–Trinajstić information content (AvgIpc) is 2.58. The Kier molecular flexibility index (Phi) is 1.90. The van der Waals surface area contributed by atoms with Crippen LogP contribution in [-0.2, 0) is 4.74 Å². The Balaban J connectivity index is 2.04. The summed E-state index contributed by atoms with van der Waals surface area (Å²) >= 11 is 0. The van der Waals surface area contributed by atoms with E-state index in [1.807, 2.05) is 17.1 Å². The molecule has 1 aromatic heterocycles. The largest absolute Gasteiger partial charge is 0.358 e. The van der Waals surface area contributed by atoms with Gasteiger partial charge in [0.15, 0.2) is 0 Å². The van der Waals surface area contributed by atoms with Crippen LogP contribution >= 0.6 is 0 Å². The molecule has 2 rings (SSSR count).